The van der Waals surface area contributed by atoms with E-state index in [2.05, 4.69) is 25.5 Å². The maximum absolute atomic E-state index is 12.7. The first-order valence-corrected chi connectivity index (χ1v) is 8.35. The number of amides is 1. The van der Waals surface area contributed by atoms with Crippen molar-refractivity contribution in [2.45, 2.75) is 12.5 Å². The van der Waals surface area contributed by atoms with Gasteiger partial charge in [-0.1, -0.05) is 30.3 Å². The molecule has 6 heteroatoms. The fraction of sp³-hybridized carbons (Fsp3) is 0.100. The highest BCUT2D eigenvalue weighted by Gasteiger charge is 2.21. The maximum Gasteiger partial charge on any atom is 0.253 e. The van der Waals surface area contributed by atoms with Crippen molar-refractivity contribution in [3.05, 3.63) is 90.0 Å². The summed E-state index contributed by atoms with van der Waals surface area (Å²) in [4.78, 5) is 21.0. The summed E-state index contributed by atoms with van der Waals surface area (Å²) in [6, 6.07) is 17.1. The van der Waals surface area contributed by atoms with Crippen molar-refractivity contribution in [2.75, 3.05) is 0 Å². The molecule has 3 heterocycles. The smallest absolute Gasteiger partial charge is 0.253 e. The lowest BCUT2D eigenvalue weighted by Gasteiger charge is -2.18. The van der Waals surface area contributed by atoms with Crippen LogP contribution in [-0.4, -0.2) is 26.1 Å². The first kappa shape index (κ1) is 16.0. The second kappa shape index (κ2) is 7.14. The Morgan fingerprint density at radius 3 is 2.69 bits per heavy atom. The number of nitrogens with zero attached hydrogens (tertiary/aromatic N) is 3. The monoisotopic (exact) mass is 343 g/mol. The van der Waals surface area contributed by atoms with Crippen LogP contribution in [0, 0.1) is 0 Å². The molecule has 0 aliphatic heterocycles. The zero-order valence-corrected chi connectivity index (χ0v) is 14.0. The van der Waals surface area contributed by atoms with E-state index in [0.29, 0.717) is 17.6 Å². The van der Waals surface area contributed by atoms with Gasteiger partial charge in [0.15, 0.2) is 5.65 Å². The molecule has 0 saturated heterocycles. The third kappa shape index (κ3) is 3.30. The molecular formula is C20H17N5O. The Hall–Kier alpha value is -3.54. The fourth-order valence-corrected chi connectivity index (χ4v) is 2.95. The standard InChI is InChI=1S/C20H17N5O/c26-20(15-8-4-10-21-13-15)23-17(12-14-6-2-1-3-7-14)18-16-9-5-11-22-19(16)25-24-18/h1-11,13,17H,12H2,(H,23,26)(H,22,24,25)/t17-/m0/s1. The average Bonchev–Trinajstić information content (AvgIpc) is 3.13. The number of hydrogen-bond donors (Lipinski definition) is 2. The van der Waals surface area contributed by atoms with Gasteiger partial charge in [-0.3, -0.25) is 14.9 Å². The van der Waals surface area contributed by atoms with Gasteiger partial charge in [0.1, 0.15) is 0 Å². The predicted octanol–water partition coefficient (Wildman–Crippen LogP) is 3.07. The molecule has 0 aliphatic carbocycles. The van der Waals surface area contributed by atoms with E-state index < -0.39 is 0 Å². The van der Waals surface area contributed by atoms with E-state index in [4.69, 9.17) is 0 Å². The van der Waals surface area contributed by atoms with Gasteiger partial charge in [-0.2, -0.15) is 5.10 Å². The summed E-state index contributed by atoms with van der Waals surface area (Å²) in [6.45, 7) is 0. The van der Waals surface area contributed by atoms with Gasteiger partial charge in [0.2, 0.25) is 0 Å². The van der Waals surface area contributed by atoms with Gasteiger partial charge in [-0.15, -0.1) is 0 Å². The predicted molar refractivity (Wildman–Crippen MR) is 98.5 cm³/mol. The van der Waals surface area contributed by atoms with E-state index in [9.17, 15) is 4.79 Å². The minimum atomic E-state index is -0.265. The van der Waals surface area contributed by atoms with Crippen molar-refractivity contribution < 1.29 is 4.79 Å². The average molecular weight is 343 g/mol. The molecule has 0 spiro atoms. The lowest BCUT2D eigenvalue weighted by Crippen LogP contribution is -2.30. The number of nitrogens with one attached hydrogen (secondary N) is 2. The van der Waals surface area contributed by atoms with Crippen molar-refractivity contribution >= 4 is 16.9 Å². The summed E-state index contributed by atoms with van der Waals surface area (Å²) >= 11 is 0. The van der Waals surface area contributed by atoms with Crippen LogP contribution in [0.3, 0.4) is 0 Å². The zero-order chi connectivity index (χ0) is 17.8. The van der Waals surface area contributed by atoms with Gasteiger partial charge < -0.3 is 5.32 Å². The third-order valence-corrected chi connectivity index (χ3v) is 4.22. The van der Waals surface area contributed by atoms with Crippen molar-refractivity contribution in [3.8, 4) is 0 Å². The summed E-state index contributed by atoms with van der Waals surface area (Å²) < 4.78 is 0. The molecule has 0 fully saturated rings. The molecule has 3 aromatic heterocycles. The van der Waals surface area contributed by atoms with E-state index in [1.807, 2.05) is 42.5 Å². The molecule has 0 saturated carbocycles. The molecule has 0 aliphatic rings. The van der Waals surface area contributed by atoms with E-state index in [1.165, 1.54) is 0 Å². The van der Waals surface area contributed by atoms with Gasteiger partial charge in [-0.25, -0.2) is 4.98 Å². The number of hydrogen-bond acceptors (Lipinski definition) is 4. The molecule has 1 atom stereocenters. The first-order chi connectivity index (χ1) is 12.8. The number of rotatable bonds is 5. The van der Waals surface area contributed by atoms with E-state index in [1.54, 1.807) is 30.7 Å². The summed E-state index contributed by atoms with van der Waals surface area (Å²) in [5.74, 6) is -0.175. The second-order valence-electron chi connectivity index (χ2n) is 5.97. The molecule has 0 radical (unpaired) electrons. The lowest BCUT2D eigenvalue weighted by molar-refractivity contribution is 0.0935. The maximum atomic E-state index is 12.7. The van der Waals surface area contributed by atoms with Gasteiger partial charge in [0.05, 0.1) is 17.3 Å². The van der Waals surface area contributed by atoms with Crippen molar-refractivity contribution in [1.29, 1.82) is 0 Å². The molecule has 0 unspecified atom stereocenters. The van der Waals surface area contributed by atoms with Gasteiger partial charge in [-0.05, 0) is 36.2 Å². The Morgan fingerprint density at radius 1 is 1.04 bits per heavy atom. The molecule has 6 nitrogen and oxygen atoms in total. The van der Waals surface area contributed by atoms with Crippen LogP contribution >= 0.6 is 0 Å². The SMILES string of the molecule is O=C(N[C@@H](Cc1ccccc1)c1[nH]nc2ncccc12)c1cccnc1. The molecule has 4 aromatic rings. The topological polar surface area (TPSA) is 83.6 Å². The van der Waals surface area contributed by atoms with Gasteiger partial charge in [0.25, 0.3) is 5.91 Å². The summed E-state index contributed by atoms with van der Waals surface area (Å²) in [5, 5.41) is 11.3. The van der Waals surface area contributed by atoms with E-state index >= 15 is 0 Å². The van der Waals surface area contributed by atoms with Crippen LogP contribution < -0.4 is 5.32 Å². The number of aromatic amines is 1. The Balaban J connectivity index is 1.68. The number of H-pyrrole nitrogens is 1. The van der Waals surface area contributed by atoms with Gasteiger partial charge >= 0.3 is 0 Å². The summed E-state index contributed by atoms with van der Waals surface area (Å²) in [6.07, 6.45) is 5.54. The molecular weight excluding hydrogens is 326 g/mol. The zero-order valence-electron chi connectivity index (χ0n) is 14.0. The fourth-order valence-electron chi connectivity index (χ4n) is 2.95. The minimum absolute atomic E-state index is 0.175. The number of carbonyl (C=O) groups excluding carboxylic acids is 1. The van der Waals surface area contributed by atoms with Crippen LogP contribution in [-0.2, 0) is 6.42 Å². The number of carbonyl (C=O) groups is 1. The first-order valence-electron chi connectivity index (χ1n) is 8.35. The Bertz CT molecular complexity index is 1010. The summed E-state index contributed by atoms with van der Waals surface area (Å²) in [7, 11) is 0. The second-order valence-corrected chi connectivity index (χ2v) is 5.97. The molecule has 4 rings (SSSR count). The molecule has 2 N–H and O–H groups in total. The molecule has 26 heavy (non-hydrogen) atoms. The van der Waals surface area contributed by atoms with Crippen LogP contribution in [0.15, 0.2) is 73.2 Å². The highest BCUT2D eigenvalue weighted by Crippen LogP contribution is 2.24. The van der Waals surface area contributed by atoms with Crippen molar-refractivity contribution in [3.63, 3.8) is 0 Å². The van der Waals surface area contributed by atoms with Crippen LogP contribution in [0.1, 0.15) is 27.7 Å². The Kier molecular flexibility index (Phi) is 4.38. The van der Waals surface area contributed by atoms with Crippen LogP contribution in [0.4, 0.5) is 0 Å². The van der Waals surface area contributed by atoms with Crippen molar-refractivity contribution in [1.82, 2.24) is 25.5 Å². The molecule has 1 amide bonds. The van der Waals surface area contributed by atoms with E-state index in [0.717, 1.165) is 16.6 Å². The van der Waals surface area contributed by atoms with Crippen LogP contribution in [0.2, 0.25) is 0 Å². The summed E-state index contributed by atoms with van der Waals surface area (Å²) in [5.41, 5.74) is 3.12. The minimum Gasteiger partial charge on any atom is -0.343 e. The van der Waals surface area contributed by atoms with Crippen LogP contribution in [0.5, 0.6) is 0 Å². The quantitative estimate of drug-likeness (QED) is 0.583. The Morgan fingerprint density at radius 2 is 1.88 bits per heavy atom. The van der Waals surface area contributed by atoms with Crippen molar-refractivity contribution in [2.24, 2.45) is 0 Å². The van der Waals surface area contributed by atoms with Gasteiger partial charge in [0, 0.05) is 24.0 Å². The highest BCUT2D eigenvalue weighted by atomic mass is 16.1. The number of aromatic nitrogens is 4. The number of fused-ring (bicyclic) bond motifs is 1. The molecule has 0 bridgehead atoms. The highest BCUT2D eigenvalue weighted by molar-refractivity contribution is 5.94. The Labute approximate surface area is 150 Å². The number of benzene rings is 1. The normalized spacial score (nSPS) is 12.0. The van der Waals surface area contributed by atoms with Crippen LogP contribution in [0.25, 0.3) is 11.0 Å². The number of pyridine rings is 2. The third-order valence-electron chi connectivity index (χ3n) is 4.22. The lowest BCUT2D eigenvalue weighted by atomic mass is 10.0. The molecule has 1 aromatic carbocycles. The largest absolute Gasteiger partial charge is 0.343 e. The van der Waals surface area contributed by atoms with E-state index in [-0.39, 0.29) is 11.9 Å². The molecule has 128 valence electrons.